The molecule has 1 saturated heterocycles. The number of amides is 1. The van der Waals surface area contributed by atoms with Crippen LogP contribution >= 0.6 is 0 Å². The molecule has 0 N–H and O–H groups in total. The van der Waals surface area contributed by atoms with Crippen molar-refractivity contribution in [3.63, 3.8) is 0 Å². The van der Waals surface area contributed by atoms with Crippen molar-refractivity contribution in [1.82, 2.24) is 9.21 Å². The van der Waals surface area contributed by atoms with Gasteiger partial charge in [-0.25, -0.2) is 8.42 Å². The SMILES string of the molecule is CCN(CC)C(=O)c1ccc(S(=O)(=O)N2CCOC(C)C2)cc1. The summed E-state index contributed by atoms with van der Waals surface area (Å²) in [5, 5.41) is 0. The molecule has 1 atom stereocenters. The minimum Gasteiger partial charge on any atom is -0.376 e. The molecule has 1 unspecified atom stereocenters. The molecule has 1 fully saturated rings. The Balaban J connectivity index is 2.20. The highest BCUT2D eigenvalue weighted by atomic mass is 32.2. The third-order valence-corrected chi connectivity index (χ3v) is 5.87. The van der Waals surface area contributed by atoms with E-state index in [0.29, 0.717) is 38.3 Å². The summed E-state index contributed by atoms with van der Waals surface area (Å²) in [7, 11) is -3.54. The van der Waals surface area contributed by atoms with E-state index in [2.05, 4.69) is 0 Å². The lowest BCUT2D eigenvalue weighted by atomic mass is 10.2. The number of rotatable bonds is 5. The van der Waals surface area contributed by atoms with Crippen LogP contribution in [0.2, 0.25) is 0 Å². The minimum atomic E-state index is -3.54. The summed E-state index contributed by atoms with van der Waals surface area (Å²) in [6.45, 7) is 8.05. The fourth-order valence-electron chi connectivity index (χ4n) is 2.62. The molecule has 0 radical (unpaired) electrons. The largest absolute Gasteiger partial charge is 0.376 e. The smallest absolute Gasteiger partial charge is 0.253 e. The van der Waals surface area contributed by atoms with E-state index < -0.39 is 10.0 Å². The standard InChI is InChI=1S/C16H24N2O4S/c1-4-17(5-2)16(19)14-6-8-15(9-7-14)23(20,21)18-10-11-22-13(3)12-18/h6-9,13H,4-5,10-12H2,1-3H3. The molecule has 0 spiro atoms. The summed E-state index contributed by atoms with van der Waals surface area (Å²) >= 11 is 0. The molecule has 0 aliphatic carbocycles. The molecule has 0 aromatic heterocycles. The second-order valence-electron chi connectivity index (χ2n) is 5.55. The number of carbonyl (C=O) groups excluding carboxylic acids is 1. The summed E-state index contributed by atoms with van der Waals surface area (Å²) < 4.78 is 32.1. The molecule has 128 valence electrons. The Morgan fingerprint density at radius 2 is 1.87 bits per heavy atom. The van der Waals surface area contributed by atoms with Crippen molar-refractivity contribution >= 4 is 15.9 Å². The average molecular weight is 340 g/mol. The summed E-state index contributed by atoms with van der Waals surface area (Å²) in [6, 6.07) is 6.17. The Morgan fingerprint density at radius 1 is 1.26 bits per heavy atom. The maximum absolute atomic E-state index is 12.6. The first-order valence-corrected chi connectivity index (χ1v) is 9.35. The van der Waals surface area contributed by atoms with Gasteiger partial charge in [-0.05, 0) is 45.0 Å². The summed E-state index contributed by atoms with van der Waals surface area (Å²) in [6.07, 6.45) is -0.109. The molecule has 23 heavy (non-hydrogen) atoms. The molecule has 1 aromatic carbocycles. The Morgan fingerprint density at radius 3 is 2.39 bits per heavy atom. The second-order valence-corrected chi connectivity index (χ2v) is 7.48. The summed E-state index contributed by atoms with van der Waals surface area (Å²) in [5.74, 6) is -0.0843. The van der Waals surface area contributed by atoms with E-state index in [1.807, 2.05) is 20.8 Å². The van der Waals surface area contributed by atoms with Gasteiger partial charge in [0.05, 0.1) is 17.6 Å². The van der Waals surface area contributed by atoms with Crippen molar-refractivity contribution in [1.29, 1.82) is 0 Å². The van der Waals surface area contributed by atoms with Crippen LogP contribution in [0.5, 0.6) is 0 Å². The van der Waals surface area contributed by atoms with Gasteiger partial charge < -0.3 is 9.64 Å². The maximum atomic E-state index is 12.6. The van der Waals surface area contributed by atoms with Crippen LogP contribution in [0.25, 0.3) is 0 Å². The number of hydrogen-bond acceptors (Lipinski definition) is 4. The topological polar surface area (TPSA) is 66.9 Å². The first kappa shape index (κ1) is 17.9. The Hall–Kier alpha value is -1.44. The third kappa shape index (κ3) is 3.91. The van der Waals surface area contributed by atoms with Gasteiger partial charge in [-0.1, -0.05) is 0 Å². The van der Waals surface area contributed by atoms with E-state index in [9.17, 15) is 13.2 Å². The molecule has 1 aliphatic rings. The second kappa shape index (κ2) is 7.42. The van der Waals surface area contributed by atoms with Crippen molar-refractivity contribution in [3.8, 4) is 0 Å². The molecule has 1 heterocycles. The number of benzene rings is 1. The van der Waals surface area contributed by atoms with Crippen molar-refractivity contribution < 1.29 is 17.9 Å². The van der Waals surface area contributed by atoms with Gasteiger partial charge in [-0.3, -0.25) is 4.79 Å². The normalized spacial score (nSPS) is 19.5. The van der Waals surface area contributed by atoms with Gasteiger partial charge in [0.1, 0.15) is 0 Å². The van der Waals surface area contributed by atoms with Gasteiger partial charge in [0.2, 0.25) is 10.0 Å². The Labute approximate surface area is 138 Å². The zero-order valence-corrected chi connectivity index (χ0v) is 14.7. The number of carbonyl (C=O) groups is 1. The number of hydrogen-bond donors (Lipinski definition) is 0. The third-order valence-electron chi connectivity index (χ3n) is 3.99. The first-order chi connectivity index (χ1) is 10.9. The molecule has 1 aliphatic heterocycles. The van der Waals surface area contributed by atoms with Crippen molar-refractivity contribution in [2.24, 2.45) is 0 Å². The van der Waals surface area contributed by atoms with Crippen molar-refractivity contribution in [3.05, 3.63) is 29.8 Å². The molecular weight excluding hydrogens is 316 g/mol. The monoisotopic (exact) mass is 340 g/mol. The predicted octanol–water partition coefficient (Wildman–Crippen LogP) is 1.58. The maximum Gasteiger partial charge on any atom is 0.253 e. The van der Waals surface area contributed by atoms with Crippen LogP contribution in [0.1, 0.15) is 31.1 Å². The molecule has 1 aromatic rings. The molecule has 6 nitrogen and oxygen atoms in total. The lowest BCUT2D eigenvalue weighted by molar-refractivity contribution is 0.0102. The predicted molar refractivity (Wildman–Crippen MR) is 87.9 cm³/mol. The highest BCUT2D eigenvalue weighted by molar-refractivity contribution is 7.89. The fraction of sp³-hybridized carbons (Fsp3) is 0.562. The van der Waals surface area contributed by atoms with Crippen LogP contribution in [-0.4, -0.2) is 62.4 Å². The Kier molecular flexibility index (Phi) is 5.78. The van der Waals surface area contributed by atoms with E-state index in [1.165, 1.54) is 16.4 Å². The quantitative estimate of drug-likeness (QED) is 0.816. The lowest BCUT2D eigenvalue weighted by Crippen LogP contribution is -2.44. The van der Waals surface area contributed by atoms with Crippen LogP contribution in [-0.2, 0) is 14.8 Å². The molecule has 7 heteroatoms. The number of ether oxygens (including phenoxy) is 1. The van der Waals surface area contributed by atoms with Crippen LogP contribution in [0.3, 0.4) is 0 Å². The number of morpholine rings is 1. The molecule has 1 amide bonds. The van der Waals surface area contributed by atoms with Crippen LogP contribution in [0, 0.1) is 0 Å². The van der Waals surface area contributed by atoms with E-state index in [4.69, 9.17) is 4.74 Å². The van der Waals surface area contributed by atoms with Gasteiger partial charge in [0, 0.05) is 31.7 Å². The van der Waals surface area contributed by atoms with Gasteiger partial charge in [0.15, 0.2) is 0 Å². The number of sulfonamides is 1. The zero-order valence-electron chi connectivity index (χ0n) is 13.9. The number of nitrogens with zero attached hydrogens (tertiary/aromatic N) is 2. The van der Waals surface area contributed by atoms with E-state index in [0.717, 1.165) is 0 Å². The highest BCUT2D eigenvalue weighted by Gasteiger charge is 2.29. The van der Waals surface area contributed by atoms with Gasteiger partial charge in [-0.15, -0.1) is 0 Å². The van der Waals surface area contributed by atoms with Crippen molar-refractivity contribution in [2.45, 2.75) is 31.8 Å². The van der Waals surface area contributed by atoms with E-state index in [1.54, 1.807) is 17.0 Å². The molecule has 2 rings (SSSR count). The molecule has 0 bridgehead atoms. The first-order valence-electron chi connectivity index (χ1n) is 7.91. The zero-order chi connectivity index (χ0) is 17.0. The van der Waals surface area contributed by atoms with Crippen LogP contribution < -0.4 is 0 Å². The van der Waals surface area contributed by atoms with Crippen LogP contribution in [0.4, 0.5) is 0 Å². The summed E-state index contributed by atoms with van der Waals surface area (Å²) in [4.78, 5) is 14.2. The van der Waals surface area contributed by atoms with Gasteiger partial charge in [0.25, 0.3) is 5.91 Å². The summed E-state index contributed by atoms with van der Waals surface area (Å²) in [5.41, 5.74) is 0.503. The lowest BCUT2D eigenvalue weighted by Gasteiger charge is -2.30. The highest BCUT2D eigenvalue weighted by Crippen LogP contribution is 2.19. The van der Waals surface area contributed by atoms with Crippen LogP contribution in [0.15, 0.2) is 29.2 Å². The van der Waals surface area contributed by atoms with Gasteiger partial charge in [-0.2, -0.15) is 4.31 Å². The minimum absolute atomic E-state index is 0.0843. The van der Waals surface area contributed by atoms with Crippen molar-refractivity contribution in [2.75, 3.05) is 32.8 Å². The van der Waals surface area contributed by atoms with Gasteiger partial charge >= 0.3 is 0 Å². The van der Waals surface area contributed by atoms with E-state index in [-0.39, 0.29) is 16.9 Å². The fourth-order valence-corrected chi connectivity index (χ4v) is 4.12. The molecular formula is C16H24N2O4S. The van der Waals surface area contributed by atoms with E-state index >= 15 is 0 Å². The Bertz CT molecular complexity index is 639. The molecule has 0 saturated carbocycles. The average Bonchev–Trinajstić information content (AvgIpc) is 2.56.